The van der Waals surface area contributed by atoms with Crippen LogP contribution in [0.4, 0.5) is 10.5 Å². The second-order valence-electron chi connectivity index (χ2n) is 18.4. The highest BCUT2D eigenvalue weighted by molar-refractivity contribution is 7.90. The van der Waals surface area contributed by atoms with E-state index in [0.29, 0.717) is 6.42 Å². The molecule has 4 aliphatic carbocycles. The van der Waals surface area contributed by atoms with Crippen molar-refractivity contribution in [1.29, 1.82) is 5.26 Å². The molecular weight excluding hydrogens is 853 g/mol. The number of primary sulfonamides is 1. The van der Waals surface area contributed by atoms with E-state index in [4.69, 9.17) is 15.1 Å². The lowest BCUT2D eigenvalue weighted by Crippen LogP contribution is -2.35. The first-order valence-corrected chi connectivity index (χ1v) is 25.5. The van der Waals surface area contributed by atoms with E-state index in [1.54, 1.807) is 21.5 Å². The van der Waals surface area contributed by atoms with Gasteiger partial charge in [-0.15, -0.1) is 5.26 Å². The summed E-state index contributed by atoms with van der Waals surface area (Å²) in [4.78, 5) is 16.9. The Morgan fingerprint density at radius 3 is 1.52 bits per heavy atom. The molecule has 8 rings (SSSR count). The minimum Gasteiger partial charge on any atom is -0.387 e. The van der Waals surface area contributed by atoms with E-state index in [0.717, 1.165) is 118 Å². The van der Waals surface area contributed by atoms with Gasteiger partial charge in [-0.2, -0.15) is 18.6 Å². The Balaban J connectivity index is 0.000000178. The number of urea groups is 1. The Hall–Kier alpha value is -4.80. The summed E-state index contributed by atoms with van der Waals surface area (Å²) in [6.07, 6.45) is 16.1. The summed E-state index contributed by atoms with van der Waals surface area (Å²) < 4.78 is 59.2. The molecule has 0 aliphatic heterocycles. The number of anilines is 1. The van der Waals surface area contributed by atoms with E-state index in [1.165, 1.54) is 46.2 Å². The quantitative estimate of drug-likeness (QED) is 0.137. The van der Waals surface area contributed by atoms with Crippen molar-refractivity contribution in [2.75, 3.05) is 46.6 Å². The predicted molar refractivity (Wildman–Crippen MR) is 248 cm³/mol. The second kappa shape index (κ2) is 20.6. The molecule has 18 heteroatoms. The van der Waals surface area contributed by atoms with E-state index in [-0.39, 0.29) is 22.1 Å². The molecule has 348 valence electrons. The number of rotatable bonds is 13. The standard InChI is InChI=1S/C23H33N5O3S.C13H13NO.C10H20N4O2S/c1-15(2)28-18(11-12-27(3)4)14-21(25-28)32(30,31)26-23(29)24-22-19-9-5-7-16(19)13-17-8-6-10-20(17)22;14-8-15-13-11-5-1-3-9(11)7-10-4-2-6-12(10)13;1-8(2)14-9(5-6-13(3)4)7-10(12-14)17(11,15)16/h13-15H,5-12H2,1-4H3,(H2,24,26,29);7H,1-6H2;7-8H,5-6H2,1-4H3,(H2,11,15,16). The fourth-order valence-corrected chi connectivity index (χ4v) is 10.6. The summed E-state index contributed by atoms with van der Waals surface area (Å²) in [5.41, 5.74) is 12.9. The molecule has 0 spiro atoms. The molecule has 64 heavy (non-hydrogen) atoms. The van der Waals surface area contributed by atoms with Crippen LogP contribution in [0.15, 0.2) is 34.3 Å². The van der Waals surface area contributed by atoms with Gasteiger partial charge in [-0.25, -0.2) is 23.1 Å². The smallest absolute Gasteiger partial charge is 0.333 e. The molecule has 4 aromatic rings. The Morgan fingerprint density at radius 2 is 1.11 bits per heavy atom. The Morgan fingerprint density at radius 1 is 0.703 bits per heavy atom. The fourth-order valence-electron chi connectivity index (χ4n) is 9.24. The maximum Gasteiger partial charge on any atom is 0.333 e. The van der Waals surface area contributed by atoms with Gasteiger partial charge < -0.3 is 19.9 Å². The predicted octanol–water partition coefficient (Wildman–Crippen LogP) is 5.80. The van der Waals surface area contributed by atoms with Gasteiger partial charge in [0.25, 0.3) is 26.3 Å². The maximum absolute atomic E-state index is 13.0. The molecule has 0 fully saturated rings. The minimum absolute atomic E-state index is 0.0134. The van der Waals surface area contributed by atoms with Crippen LogP contribution in [0.2, 0.25) is 0 Å². The third-order valence-corrected chi connectivity index (χ3v) is 14.2. The minimum atomic E-state index is -4.09. The highest BCUT2D eigenvalue weighted by Gasteiger charge is 2.29. The van der Waals surface area contributed by atoms with Crippen LogP contribution in [0, 0.1) is 11.5 Å². The van der Waals surface area contributed by atoms with Gasteiger partial charge >= 0.3 is 6.03 Å². The monoisotopic (exact) mass is 918 g/mol. The number of hydrogen-bond donors (Lipinski definition) is 3. The summed E-state index contributed by atoms with van der Waals surface area (Å²) in [7, 11) is 0.0646. The number of sulfonamides is 2. The number of nitrogens with two attached hydrogens (primary N) is 1. The average molecular weight is 919 g/mol. The van der Waals surface area contributed by atoms with E-state index in [1.807, 2.05) is 71.9 Å². The topological polar surface area (TPSA) is 211 Å². The molecule has 0 atom stereocenters. The Kier molecular flexibility index (Phi) is 15.6. The van der Waals surface area contributed by atoms with Crippen LogP contribution in [-0.2, 0) is 84.3 Å². The summed E-state index contributed by atoms with van der Waals surface area (Å²) in [5.74, 6) is 0.903. The summed E-state index contributed by atoms with van der Waals surface area (Å²) >= 11 is 0. The first-order valence-electron chi connectivity index (χ1n) is 22.5. The van der Waals surface area contributed by atoms with Crippen LogP contribution in [0.5, 0.6) is 5.75 Å². The number of hydrogen-bond acceptors (Lipinski definition) is 11. The van der Waals surface area contributed by atoms with Gasteiger partial charge in [0.2, 0.25) is 0 Å². The number of carbonyl (C=O) groups is 1. The Bertz CT molecular complexity index is 2540. The lowest BCUT2D eigenvalue weighted by atomic mass is 9.99. The highest BCUT2D eigenvalue weighted by Crippen LogP contribution is 2.41. The molecule has 2 amide bonds. The summed E-state index contributed by atoms with van der Waals surface area (Å²) in [5, 5.41) is 24.8. The van der Waals surface area contributed by atoms with Gasteiger partial charge in [0, 0.05) is 61.2 Å². The third-order valence-electron chi connectivity index (χ3n) is 12.3. The number of nitriles is 1. The molecule has 2 heterocycles. The lowest BCUT2D eigenvalue weighted by Gasteiger charge is -2.16. The van der Waals surface area contributed by atoms with E-state index in [9.17, 15) is 21.6 Å². The SMILES string of the molecule is CC(C)n1nc(S(=O)(=O)NC(=O)Nc2c3c(cc4c2CCC4)CCC3)cc1CCN(C)C.CC(C)n1nc(S(N)(=O)=O)cc1CCN(C)C.N#COc1c2c(cc3c1CCC3)CCC2. The maximum atomic E-state index is 13.0. The van der Waals surface area contributed by atoms with Gasteiger partial charge in [-0.3, -0.25) is 9.36 Å². The number of fused-ring (bicyclic) bond motifs is 4. The molecule has 4 aliphatic rings. The number of aryl methyl sites for hydroxylation is 4. The number of carbonyl (C=O) groups excluding carboxylic acids is 1. The zero-order chi connectivity index (χ0) is 46.5. The van der Waals surface area contributed by atoms with Crippen LogP contribution >= 0.6 is 0 Å². The second-order valence-corrected chi connectivity index (χ2v) is 21.5. The number of likely N-dealkylation sites (N-methyl/N-ethyl adjacent to an activating group) is 2. The molecule has 0 radical (unpaired) electrons. The number of nitrogens with zero attached hydrogens (tertiary/aromatic N) is 7. The van der Waals surface area contributed by atoms with Crippen LogP contribution < -0.4 is 19.9 Å². The van der Waals surface area contributed by atoms with Crippen molar-refractivity contribution >= 4 is 31.8 Å². The highest BCUT2D eigenvalue weighted by atomic mass is 32.2. The Labute approximate surface area is 379 Å². The van der Waals surface area contributed by atoms with Crippen molar-refractivity contribution < 1.29 is 26.4 Å². The molecule has 16 nitrogen and oxygen atoms in total. The van der Waals surface area contributed by atoms with E-state index >= 15 is 0 Å². The molecule has 0 saturated carbocycles. The van der Waals surface area contributed by atoms with Gasteiger partial charge in [-0.05, 0) is 184 Å². The number of amides is 2. The zero-order valence-electron chi connectivity index (χ0n) is 38.8. The molecule has 2 aromatic carbocycles. The largest absolute Gasteiger partial charge is 0.387 e. The van der Waals surface area contributed by atoms with Gasteiger partial charge in [0.15, 0.2) is 10.1 Å². The first-order chi connectivity index (χ1) is 30.3. The zero-order valence-corrected chi connectivity index (χ0v) is 40.4. The van der Waals surface area contributed by atoms with Crippen molar-refractivity contribution in [2.45, 2.75) is 140 Å². The number of ether oxygens (including phenoxy) is 1. The van der Waals surface area contributed by atoms with E-state index < -0.39 is 26.1 Å². The van der Waals surface area contributed by atoms with Crippen molar-refractivity contribution in [3.05, 3.63) is 80.2 Å². The fraction of sp³-hybridized carbons (Fsp3) is 0.565. The van der Waals surface area contributed by atoms with Crippen molar-refractivity contribution in [3.63, 3.8) is 0 Å². The molecule has 0 unspecified atom stereocenters. The van der Waals surface area contributed by atoms with Crippen molar-refractivity contribution in [2.24, 2.45) is 5.14 Å². The van der Waals surface area contributed by atoms with Crippen molar-refractivity contribution in [1.82, 2.24) is 34.1 Å². The number of aromatic nitrogens is 4. The van der Waals surface area contributed by atoms with E-state index in [2.05, 4.69) is 32.4 Å². The molecule has 4 N–H and O–H groups in total. The number of benzene rings is 2. The molecule has 0 bridgehead atoms. The van der Waals surface area contributed by atoms with Gasteiger partial charge in [0.05, 0.1) is 0 Å². The van der Waals surface area contributed by atoms with Crippen LogP contribution in [0.25, 0.3) is 0 Å². The van der Waals surface area contributed by atoms with Crippen LogP contribution in [-0.4, -0.2) is 93.5 Å². The van der Waals surface area contributed by atoms with Gasteiger partial charge in [0.1, 0.15) is 5.75 Å². The summed E-state index contributed by atoms with van der Waals surface area (Å²) in [6, 6.07) is 7.14. The van der Waals surface area contributed by atoms with Crippen molar-refractivity contribution in [3.8, 4) is 12.0 Å². The number of nitrogens with one attached hydrogen (secondary N) is 2. The third kappa shape index (κ3) is 11.5. The molecule has 0 saturated heterocycles. The molecular formula is C46H66N10O6S2. The normalized spacial score (nSPS) is 15.0. The average Bonchev–Trinajstić information content (AvgIpc) is 4.06. The van der Waals surface area contributed by atoms with Crippen LogP contribution in [0.3, 0.4) is 0 Å². The van der Waals surface area contributed by atoms with Crippen LogP contribution in [0.1, 0.15) is 121 Å². The summed E-state index contributed by atoms with van der Waals surface area (Å²) in [6.45, 7) is 9.44. The lowest BCUT2D eigenvalue weighted by molar-refractivity contribution is 0.256. The first kappa shape index (κ1) is 48.7. The molecule has 2 aromatic heterocycles. The van der Waals surface area contributed by atoms with Gasteiger partial charge in [-0.1, -0.05) is 12.1 Å².